The first-order valence-electron chi connectivity index (χ1n) is 22.3. The summed E-state index contributed by atoms with van der Waals surface area (Å²) in [5, 5.41) is 16.7. The van der Waals surface area contributed by atoms with Crippen LogP contribution in [0.15, 0.2) is 0 Å². The van der Waals surface area contributed by atoms with Crippen LogP contribution < -0.4 is 49.1 Å². The molecule has 368 valence electrons. The van der Waals surface area contributed by atoms with Gasteiger partial charge in [-0.25, -0.2) is 0 Å². The molecular weight excluding hydrogens is 839 g/mol. The van der Waals surface area contributed by atoms with Gasteiger partial charge in [-0.15, -0.1) is 0 Å². The molecule has 0 bridgehead atoms. The second-order valence-corrected chi connectivity index (χ2v) is 15.4. The molecule has 22 heteroatoms. The maximum absolute atomic E-state index is 12.8. The van der Waals surface area contributed by atoms with E-state index < -0.39 is 23.9 Å². The summed E-state index contributed by atoms with van der Waals surface area (Å²) in [4.78, 5) is 107. The van der Waals surface area contributed by atoms with Gasteiger partial charge in [0.1, 0.15) is 30.8 Å². The number of ketones is 3. The summed E-state index contributed by atoms with van der Waals surface area (Å²) in [5.41, 5.74) is 16.4. The fourth-order valence-electron chi connectivity index (χ4n) is 5.88. The van der Waals surface area contributed by atoms with Crippen LogP contribution in [0.4, 0.5) is 0 Å². The molecule has 0 saturated carbocycles. The summed E-state index contributed by atoms with van der Waals surface area (Å²) >= 11 is 0. The molecule has 0 aromatic carbocycles. The summed E-state index contributed by atoms with van der Waals surface area (Å²) in [5.74, 6) is -2.80. The van der Waals surface area contributed by atoms with Crippen molar-refractivity contribution in [1.29, 1.82) is 0 Å². The maximum atomic E-state index is 12.8. The van der Waals surface area contributed by atoms with Crippen molar-refractivity contribution >= 4 is 52.8 Å². The Balaban J connectivity index is 3.92. The fraction of sp³-hybridized carbons (Fsp3) is 0.786. The molecule has 64 heavy (non-hydrogen) atoms. The number of nitrogens with one attached hydrogen (secondary N) is 6. The highest BCUT2D eigenvalue weighted by Crippen LogP contribution is 2.14. The SMILES string of the molecule is CC(=O)CC[C@@H](CCCCNC(=O)COCCOCNCC(=O)COCCOCCNC(=O)CCCC(=O)N[C@@H](CCCCN)C(=O)NCCCC[C@H](NCC(C)=O)C(N)=O)C(N)=O. The minimum absolute atomic E-state index is 0.0178. The smallest absolute Gasteiger partial charge is 0.245 e. The molecule has 0 spiro atoms. The number of nitrogens with two attached hydrogens (primary N) is 3. The van der Waals surface area contributed by atoms with E-state index in [1.54, 1.807) is 0 Å². The number of Topliss-reactive ketones (excluding diaryl/α,β-unsaturated/α-hetero) is 3. The Labute approximate surface area is 377 Å². The highest BCUT2D eigenvalue weighted by atomic mass is 16.5. The summed E-state index contributed by atoms with van der Waals surface area (Å²) in [6.07, 6.45) is 6.45. The fourth-order valence-corrected chi connectivity index (χ4v) is 5.88. The number of hydrogen-bond acceptors (Lipinski definition) is 16. The van der Waals surface area contributed by atoms with Crippen molar-refractivity contribution in [3.63, 3.8) is 0 Å². The van der Waals surface area contributed by atoms with Gasteiger partial charge >= 0.3 is 0 Å². The first-order chi connectivity index (χ1) is 30.7. The first kappa shape index (κ1) is 59.5. The number of rotatable bonds is 45. The number of primary amides is 2. The van der Waals surface area contributed by atoms with Gasteiger partial charge in [0.05, 0.1) is 58.9 Å². The van der Waals surface area contributed by atoms with Gasteiger partial charge in [-0.1, -0.05) is 6.42 Å². The Bertz CT molecular complexity index is 1390. The van der Waals surface area contributed by atoms with Gasteiger partial charge in [-0.3, -0.25) is 49.0 Å². The molecule has 0 unspecified atom stereocenters. The third-order valence-electron chi connectivity index (χ3n) is 9.45. The van der Waals surface area contributed by atoms with E-state index in [0.717, 1.165) is 0 Å². The predicted molar refractivity (Wildman–Crippen MR) is 236 cm³/mol. The molecule has 0 fully saturated rings. The van der Waals surface area contributed by atoms with Crippen LogP contribution in [0, 0.1) is 5.92 Å². The molecular formula is C42H77N9O13. The van der Waals surface area contributed by atoms with Crippen LogP contribution >= 0.6 is 0 Å². The highest BCUT2D eigenvalue weighted by Gasteiger charge is 2.21. The average Bonchev–Trinajstić information content (AvgIpc) is 3.23. The minimum Gasteiger partial charge on any atom is -0.377 e. The second kappa shape index (κ2) is 40.1. The van der Waals surface area contributed by atoms with Crippen LogP contribution in [0.5, 0.6) is 0 Å². The van der Waals surface area contributed by atoms with Crippen molar-refractivity contribution in [2.45, 2.75) is 116 Å². The molecule has 0 saturated heterocycles. The van der Waals surface area contributed by atoms with Crippen LogP contribution in [-0.4, -0.2) is 157 Å². The van der Waals surface area contributed by atoms with Crippen LogP contribution in [0.1, 0.15) is 104 Å². The molecule has 0 aromatic rings. The summed E-state index contributed by atoms with van der Waals surface area (Å²) in [6.45, 7) is 5.31. The van der Waals surface area contributed by atoms with E-state index in [2.05, 4.69) is 31.9 Å². The highest BCUT2D eigenvalue weighted by molar-refractivity contribution is 5.88. The molecule has 0 aliphatic heterocycles. The topological polar surface area (TPSA) is 341 Å². The molecule has 3 atom stereocenters. The maximum Gasteiger partial charge on any atom is 0.245 e. The van der Waals surface area contributed by atoms with Gasteiger partial charge in [-0.05, 0) is 84.6 Å². The number of ether oxygens (including phenoxy) is 4. The molecule has 0 aliphatic carbocycles. The number of carbonyl (C=O) groups is 9. The quantitative estimate of drug-likeness (QED) is 0.0239. The lowest BCUT2D eigenvalue weighted by molar-refractivity contribution is -0.129. The third kappa shape index (κ3) is 37.0. The number of carbonyl (C=O) groups excluding carboxylic acids is 9. The lowest BCUT2D eigenvalue weighted by atomic mass is 9.95. The van der Waals surface area contributed by atoms with E-state index >= 15 is 0 Å². The summed E-state index contributed by atoms with van der Waals surface area (Å²) in [7, 11) is 0. The molecule has 0 heterocycles. The largest absolute Gasteiger partial charge is 0.377 e. The van der Waals surface area contributed by atoms with E-state index in [0.29, 0.717) is 90.3 Å². The average molecular weight is 916 g/mol. The Hall–Kier alpha value is -4.45. The number of hydrogen-bond donors (Lipinski definition) is 9. The van der Waals surface area contributed by atoms with Gasteiger partial charge < -0.3 is 62.2 Å². The monoisotopic (exact) mass is 916 g/mol. The number of unbranched alkanes of at least 4 members (excludes halogenated alkanes) is 3. The Kier molecular flexibility index (Phi) is 37.3. The van der Waals surface area contributed by atoms with Crippen LogP contribution in [0.25, 0.3) is 0 Å². The lowest BCUT2D eigenvalue weighted by Gasteiger charge is -2.19. The van der Waals surface area contributed by atoms with Crippen LogP contribution in [-0.2, 0) is 62.1 Å². The summed E-state index contributed by atoms with van der Waals surface area (Å²) < 4.78 is 21.4. The van der Waals surface area contributed by atoms with Crippen LogP contribution in [0.2, 0.25) is 0 Å². The Morgan fingerprint density at radius 2 is 1.12 bits per heavy atom. The van der Waals surface area contributed by atoms with Crippen molar-refractivity contribution < 1.29 is 62.1 Å². The first-order valence-corrected chi connectivity index (χ1v) is 22.3. The van der Waals surface area contributed by atoms with Crippen molar-refractivity contribution in [2.24, 2.45) is 23.1 Å². The van der Waals surface area contributed by atoms with Gasteiger partial charge in [0, 0.05) is 44.8 Å². The van der Waals surface area contributed by atoms with E-state index in [4.69, 9.17) is 36.1 Å². The van der Waals surface area contributed by atoms with E-state index in [1.807, 2.05) is 0 Å². The van der Waals surface area contributed by atoms with Crippen molar-refractivity contribution in [1.82, 2.24) is 31.9 Å². The predicted octanol–water partition coefficient (Wildman–Crippen LogP) is -1.85. The Morgan fingerprint density at radius 1 is 0.516 bits per heavy atom. The van der Waals surface area contributed by atoms with E-state index in [1.165, 1.54) is 13.8 Å². The molecule has 12 N–H and O–H groups in total. The van der Waals surface area contributed by atoms with Crippen LogP contribution in [0.3, 0.4) is 0 Å². The molecule has 0 radical (unpaired) electrons. The minimum atomic E-state index is -0.751. The van der Waals surface area contributed by atoms with Gasteiger partial charge in [0.15, 0.2) is 5.78 Å². The summed E-state index contributed by atoms with van der Waals surface area (Å²) in [6, 6.07) is -1.39. The normalized spacial score (nSPS) is 12.4. The zero-order valence-electron chi connectivity index (χ0n) is 38.1. The molecule has 0 rings (SSSR count). The van der Waals surface area contributed by atoms with Gasteiger partial charge in [-0.2, -0.15) is 0 Å². The number of amides is 6. The third-order valence-corrected chi connectivity index (χ3v) is 9.45. The zero-order valence-corrected chi connectivity index (χ0v) is 38.1. The standard InChI is InChI=1S/C42H77N9O13/c1-31(52)15-16-33(40(44)58)10-4-7-18-47-39(57)29-63-24-25-64-30-46-27-34(54)28-62-23-22-61-21-20-48-37(55)13-9-14-38(56)51-36(12-3-6-17-43)42(60)49-19-8-5-11-35(41(45)59)50-26-32(2)53/h33,35-36,46,50H,3-30,43H2,1-2H3,(H2,44,58)(H2,45,59)(H,47,57)(H,48,55)(H,49,60)(H,51,56)/t33-,35+,36+/m1/s1. The molecule has 6 amide bonds. The van der Waals surface area contributed by atoms with E-state index in [9.17, 15) is 43.2 Å². The molecule has 22 nitrogen and oxygen atoms in total. The van der Waals surface area contributed by atoms with Crippen molar-refractivity contribution in [3.8, 4) is 0 Å². The van der Waals surface area contributed by atoms with Gasteiger partial charge in [0.25, 0.3) is 0 Å². The van der Waals surface area contributed by atoms with Crippen molar-refractivity contribution in [2.75, 3.05) is 92.2 Å². The van der Waals surface area contributed by atoms with Gasteiger partial charge in [0.2, 0.25) is 35.4 Å². The molecule has 0 aliphatic rings. The van der Waals surface area contributed by atoms with Crippen molar-refractivity contribution in [3.05, 3.63) is 0 Å². The zero-order chi connectivity index (χ0) is 47.8. The van der Waals surface area contributed by atoms with E-state index in [-0.39, 0.29) is 139 Å². The lowest BCUT2D eigenvalue weighted by Crippen LogP contribution is -2.47. The molecule has 0 aromatic heterocycles. The second-order valence-electron chi connectivity index (χ2n) is 15.4. The Morgan fingerprint density at radius 3 is 1.80 bits per heavy atom.